The summed E-state index contributed by atoms with van der Waals surface area (Å²) in [5.74, 6) is 1.14. The molecule has 0 spiro atoms. The molecule has 0 aliphatic heterocycles. The van der Waals surface area contributed by atoms with Gasteiger partial charge < -0.3 is 9.15 Å². The second kappa shape index (κ2) is 7.96. The van der Waals surface area contributed by atoms with Gasteiger partial charge in [-0.15, -0.1) is 0 Å². The molecule has 0 unspecified atom stereocenters. The zero-order valence-electron chi connectivity index (χ0n) is 17.0. The van der Waals surface area contributed by atoms with E-state index in [4.69, 9.17) is 9.15 Å². The summed E-state index contributed by atoms with van der Waals surface area (Å²) in [7, 11) is 1.62. The molecule has 1 aromatic heterocycles. The fraction of sp³-hybridized carbons (Fsp3) is 0.0357. The first-order valence-corrected chi connectivity index (χ1v) is 10.1. The number of hydrogen-bond acceptors (Lipinski definition) is 3. The van der Waals surface area contributed by atoms with Gasteiger partial charge in [-0.2, -0.15) is 0 Å². The van der Waals surface area contributed by atoms with Gasteiger partial charge >= 0.3 is 0 Å². The van der Waals surface area contributed by atoms with Crippen LogP contribution in [0.25, 0.3) is 44.5 Å². The van der Waals surface area contributed by atoms with Crippen molar-refractivity contribution in [2.75, 3.05) is 7.11 Å². The van der Waals surface area contributed by atoms with E-state index in [2.05, 4.69) is 0 Å². The van der Waals surface area contributed by atoms with Gasteiger partial charge in [-0.1, -0.05) is 72.8 Å². The molecular weight excluding hydrogens is 384 g/mol. The molecule has 0 aliphatic carbocycles. The lowest BCUT2D eigenvalue weighted by atomic mass is 10.0. The molecule has 5 aromatic rings. The Kier molecular flexibility index (Phi) is 4.85. The number of rotatable bonds is 4. The van der Waals surface area contributed by atoms with Gasteiger partial charge in [0, 0.05) is 6.07 Å². The molecule has 31 heavy (non-hydrogen) atoms. The molecule has 0 amide bonds. The predicted molar refractivity (Wildman–Crippen MR) is 125 cm³/mol. The molecule has 0 fully saturated rings. The van der Waals surface area contributed by atoms with Gasteiger partial charge in [-0.05, 0) is 46.5 Å². The third-order valence-electron chi connectivity index (χ3n) is 5.41. The van der Waals surface area contributed by atoms with Gasteiger partial charge in [0.25, 0.3) is 0 Å². The summed E-state index contributed by atoms with van der Waals surface area (Å²) >= 11 is 0. The molecule has 3 heteroatoms. The van der Waals surface area contributed by atoms with Crippen LogP contribution in [0.5, 0.6) is 5.75 Å². The molecule has 1 heterocycles. The standard InChI is InChI=1S/C28H20O3/c1-30-26-14-12-22(20-10-6-3-7-11-20)17-24(26)28-18-25(29)23-16-21(13-15-27(23)31-28)19-8-4-2-5-9-19/h2-18H,1H3. The molecule has 150 valence electrons. The van der Waals surface area contributed by atoms with Crippen molar-refractivity contribution in [3.63, 3.8) is 0 Å². The average Bonchev–Trinajstić information content (AvgIpc) is 2.84. The van der Waals surface area contributed by atoms with Crippen LogP contribution >= 0.6 is 0 Å². The largest absolute Gasteiger partial charge is 0.496 e. The molecule has 0 radical (unpaired) electrons. The van der Waals surface area contributed by atoms with Crippen LogP contribution in [-0.4, -0.2) is 7.11 Å². The second-order valence-electron chi connectivity index (χ2n) is 7.33. The normalized spacial score (nSPS) is 10.9. The predicted octanol–water partition coefficient (Wildman–Crippen LogP) is 6.80. The van der Waals surface area contributed by atoms with Crippen molar-refractivity contribution in [2.24, 2.45) is 0 Å². The van der Waals surface area contributed by atoms with Crippen LogP contribution in [0.1, 0.15) is 0 Å². The van der Waals surface area contributed by atoms with E-state index in [1.54, 1.807) is 13.2 Å². The molecule has 0 atom stereocenters. The van der Waals surface area contributed by atoms with Crippen LogP contribution < -0.4 is 10.2 Å². The number of hydrogen-bond donors (Lipinski definition) is 0. The van der Waals surface area contributed by atoms with Crippen LogP contribution in [0.4, 0.5) is 0 Å². The summed E-state index contributed by atoms with van der Waals surface area (Å²) in [5.41, 5.74) is 5.37. The van der Waals surface area contributed by atoms with E-state index in [1.165, 1.54) is 0 Å². The topological polar surface area (TPSA) is 39.4 Å². The average molecular weight is 404 g/mol. The Bertz CT molecular complexity index is 1420. The van der Waals surface area contributed by atoms with E-state index in [0.717, 1.165) is 27.8 Å². The molecule has 4 aromatic carbocycles. The molecule has 3 nitrogen and oxygen atoms in total. The molecule has 0 saturated carbocycles. The first-order valence-electron chi connectivity index (χ1n) is 10.1. The smallest absolute Gasteiger partial charge is 0.193 e. The van der Waals surface area contributed by atoms with Gasteiger partial charge in [0.2, 0.25) is 0 Å². The lowest BCUT2D eigenvalue weighted by molar-refractivity contribution is 0.415. The number of ether oxygens (including phenoxy) is 1. The van der Waals surface area contributed by atoms with Crippen molar-refractivity contribution in [1.82, 2.24) is 0 Å². The fourth-order valence-electron chi connectivity index (χ4n) is 3.81. The zero-order chi connectivity index (χ0) is 21.2. The minimum Gasteiger partial charge on any atom is -0.496 e. The minimum atomic E-state index is -0.0822. The van der Waals surface area contributed by atoms with E-state index in [1.807, 2.05) is 97.1 Å². The Morgan fingerprint density at radius 3 is 1.90 bits per heavy atom. The zero-order valence-corrected chi connectivity index (χ0v) is 17.0. The molecule has 0 bridgehead atoms. The number of methoxy groups -OCH3 is 1. The highest BCUT2D eigenvalue weighted by Gasteiger charge is 2.14. The summed E-state index contributed by atoms with van der Waals surface area (Å²) in [5, 5.41) is 0.559. The molecular formula is C28H20O3. The SMILES string of the molecule is COc1ccc(-c2ccccc2)cc1-c1cc(=O)c2cc(-c3ccccc3)ccc2o1. The highest BCUT2D eigenvalue weighted by atomic mass is 16.5. The maximum Gasteiger partial charge on any atom is 0.193 e. The minimum absolute atomic E-state index is 0.0822. The molecule has 0 N–H and O–H groups in total. The van der Waals surface area contributed by atoms with Crippen molar-refractivity contribution >= 4 is 11.0 Å². The first-order chi connectivity index (χ1) is 15.2. The van der Waals surface area contributed by atoms with Crippen LogP contribution in [0, 0.1) is 0 Å². The van der Waals surface area contributed by atoms with E-state index >= 15 is 0 Å². The highest BCUT2D eigenvalue weighted by Crippen LogP contribution is 2.35. The Morgan fingerprint density at radius 2 is 1.26 bits per heavy atom. The molecule has 0 aliphatic rings. The van der Waals surface area contributed by atoms with Crippen molar-refractivity contribution in [3.05, 3.63) is 113 Å². The van der Waals surface area contributed by atoms with Gasteiger partial charge in [0.05, 0.1) is 18.1 Å². The summed E-state index contributed by atoms with van der Waals surface area (Å²) in [4.78, 5) is 13.0. The van der Waals surface area contributed by atoms with E-state index < -0.39 is 0 Å². The van der Waals surface area contributed by atoms with Gasteiger partial charge in [0.1, 0.15) is 17.1 Å². The third kappa shape index (κ3) is 3.62. The Morgan fingerprint density at radius 1 is 0.645 bits per heavy atom. The lowest BCUT2D eigenvalue weighted by Crippen LogP contribution is -2.01. The van der Waals surface area contributed by atoms with Crippen LogP contribution in [0.3, 0.4) is 0 Å². The maximum atomic E-state index is 13.0. The van der Waals surface area contributed by atoms with Crippen LogP contribution in [-0.2, 0) is 0 Å². The van der Waals surface area contributed by atoms with Crippen molar-refractivity contribution in [1.29, 1.82) is 0 Å². The lowest BCUT2D eigenvalue weighted by Gasteiger charge is -2.11. The number of benzene rings is 4. The van der Waals surface area contributed by atoms with Crippen molar-refractivity contribution in [3.8, 4) is 39.3 Å². The van der Waals surface area contributed by atoms with Gasteiger partial charge in [0.15, 0.2) is 5.43 Å². The second-order valence-corrected chi connectivity index (χ2v) is 7.33. The Balaban J connectivity index is 1.65. The monoisotopic (exact) mass is 404 g/mol. The maximum absolute atomic E-state index is 13.0. The quantitative estimate of drug-likeness (QED) is 0.331. The summed E-state index contributed by atoms with van der Waals surface area (Å²) in [6.45, 7) is 0. The summed E-state index contributed by atoms with van der Waals surface area (Å²) in [6.07, 6.45) is 0. The number of fused-ring (bicyclic) bond motifs is 1. The molecule has 5 rings (SSSR count). The highest BCUT2D eigenvalue weighted by molar-refractivity contribution is 5.85. The third-order valence-corrected chi connectivity index (χ3v) is 5.41. The Labute approximate surface area is 180 Å². The van der Waals surface area contributed by atoms with Crippen LogP contribution in [0.15, 0.2) is 112 Å². The Hall–Kier alpha value is -4.11. The summed E-state index contributed by atoms with van der Waals surface area (Å²) in [6, 6.07) is 33.2. The molecule has 0 saturated heterocycles. The van der Waals surface area contributed by atoms with Gasteiger partial charge in [-0.25, -0.2) is 0 Å². The fourth-order valence-corrected chi connectivity index (χ4v) is 3.81. The van der Waals surface area contributed by atoms with Crippen molar-refractivity contribution < 1.29 is 9.15 Å². The van der Waals surface area contributed by atoms with E-state index in [-0.39, 0.29) is 5.43 Å². The van der Waals surface area contributed by atoms with E-state index in [9.17, 15) is 4.79 Å². The first kappa shape index (κ1) is 18.9. The van der Waals surface area contributed by atoms with Gasteiger partial charge in [-0.3, -0.25) is 4.79 Å². The van der Waals surface area contributed by atoms with Crippen molar-refractivity contribution in [2.45, 2.75) is 0 Å². The summed E-state index contributed by atoms with van der Waals surface area (Å²) < 4.78 is 11.7. The van der Waals surface area contributed by atoms with Crippen LogP contribution in [0.2, 0.25) is 0 Å². The van der Waals surface area contributed by atoms with E-state index in [0.29, 0.717) is 22.5 Å².